The van der Waals surface area contributed by atoms with Crippen LogP contribution in [-0.4, -0.2) is 55.5 Å². The molecular weight excluding hydrogens is 440 g/mol. The van der Waals surface area contributed by atoms with Crippen molar-refractivity contribution >= 4 is 0 Å². The van der Waals surface area contributed by atoms with E-state index in [1.165, 1.54) is 5.57 Å². The molecule has 5 aliphatic carbocycles. The average molecular weight is 491 g/mol. The molecule has 0 amide bonds. The van der Waals surface area contributed by atoms with Crippen molar-refractivity contribution < 1.29 is 25.5 Å². The van der Waals surface area contributed by atoms with Gasteiger partial charge in [0.15, 0.2) is 0 Å². The van der Waals surface area contributed by atoms with Crippen molar-refractivity contribution in [3.05, 3.63) is 11.6 Å². The fraction of sp³-hybridized carbons (Fsp3) is 0.933. The van der Waals surface area contributed by atoms with Crippen molar-refractivity contribution in [3.8, 4) is 0 Å². The van der Waals surface area contributed by atoms with E-state index in [1.807, 2.05) is 20.8 Å². The van der Waals surface area contributed by atoms with E-state index in [4.69, 9.17) is 0 Å². The van der Waals surface area contributed by atoms with E-state index in [-0.39, 0.29) is 39.9 Å². The molecule has 4 saturated carbocycles. The molecule has 13 atom stereocenters. The van der Waals surface area contributed by atoms with Crippen molar-refractivity contribution in [1.29, 1.82) is 0 Å². The van der Waals surface area contributed by atoms with Crippen LogP contribution in [0.5, 0.6) is 0 Å². The summed E-state index contributed by atoms with van der Waals surface area (Å²) in [7, 11) is 0. The number of allylic oxidation sites excluding steroid dienone is 1. The Kier molecular flexibility index (Phi) is 5.49. The molecule has 5 N–H and O–H groups in total. The van der Waals surface area contributed by atoms with Gasteiger partial charge in [0.1, 0.15) is 6.10 Å². The lowest BCUT2D eigenvalue weighted by atomic mass is 9.32. The van der Waals surface area contributed by atoms with E-state index < -0.39 is 40.8 Å². The second-order valence-electron chi connectivity index (χ2n) is 15.3. The molecule has 0 aliphatic heterocycles. The Labute approximate surface area is 212 Å². The van der Waals surface area contributed by atoms with Crippen LogP contribution in [0.1, 0.15) is 93.9 Å². The Hall–Kier alpha value is -0.460. The van der Waals surface area contributed by atoms with Crippen molar-refractivity contribution in [1.82, 2.24) is 0 Å². The molecule has 5 heteroatoms. The number of aliphatic hydroxyl groups is 5. The quantitative estimate of drug-likeness (QED) is 0.330. The highest BCUT2D eigenvalue weighted by atomic mass is 16.4. The van der Waals surface area contributed by atoms with Gasteiger partial charge < -0.3 is 25.5 Å². The Morgan fingerprint density at radius 1 is 0.800 bits per heavy atom. The van der Waals surface area contributed by atoms with Gasteiger partial charge in [-0.05, 0) is 84.9 Å². The van der Waals surface area contributed by atoms with Crippen LogP contribution in [0.2, 0.25) is 0 Å². The lowest BCUT2D eigenvalue weighted by Crippen LogP contribution is -2.74. The standard InChI is InChI=1S/C30H50O5/c1-16-20-17-15-18(31)22-28(6,27(17,5)13-11-26(20,4)12-14-29(16,7)35)10-9-19-25(2,3)23(33)21(32)24(34)30(19,22)8/h15-16,18-24,31-35H,9-14H2,1-8H3/t16-,18-,19+,20+,21+,22+,23+,24-,26+,27-,28-,29+,30+/m1/s1. The second-order valence-corrected chi connectivity index (χ2v) is 15.3. The predicted molar refractivity (Wildman–Crippen MR) is 136 cm³/mol. The van der Waals surface area contributed by atoms with Crippen LogP contribution in [0.25, 0.3) is 0 Å². The minimum atomic E-state index is -1.23. The second kappa shape index (κ2) is 7.34. The van der Waals surface area contributed by atoms with Crippen molar-refractivity contribution in [2.45, 2.75) is 124 Å². The highest BCUT2D eigenvalue weighted by Gasteiger charge is 2.73. The van der Waals surface area contributed by atoms with Gasteiger partial charge in [0.25, 0.3) is 0 Å². The third-order valence-corrected chi connectivity index (χ3v) is 13.6. The molecule has 35 heavy (non-hydrogen) atoms. The molecule has 0 aromatic heterocycles. The van der Waals surface area contributed by atoms with Gasteiger partial charge in [0, 0.05) is 11.3 Å². The van der Waals surface area contributed by atoms with E-state index in [0.29, 0.717) is 0 Å². The summed E-state index contributed by atoms with van der Waals surface area (Å²) in [4.78, 5) is 0. The Morgan fingerprint density at radius 3 is 2.03 bits per heavy atom. The fourth-order valence-electron chi connectivity index (χ4n) is 10.9. The van der Waals surface area contributed by atoms with Gasteiger partial charge in [-0.25, -0.2) is 0 Å². The predicted octanol–water partition coefficient (Wildman–Crippen LogP) is 4.05. The highest BCUT2D eigenvalue weighted by Crippen LogP contribution is 2.75. The first-order chi connectivity index (χ1) is 15.9. The molecule has 5 rings (SSSR count). The van der Waals surface area contributed by atoms with Crippen LogP contribution in [0.15, 0.2) is 11.6 Å². The summed E-state index contributed by atoms with van der Waals surface area (Å²) in [6.45, 7) is 17.3. The number of hydrogen-bond acceptors (Lipinski definition) is 5. The minimum absolute atomic E-state index is 0.0159. The van der Waals surface area contributed by atoms with E-state index in [9.17, 15) is 25.5 Å². The molecule has 200 valence electrons. The lowest BCUT2D eigenvalue weighted by Gasteiger charge is -2.73. The van der Waals surface area contributed by atoms with Gasteiger partial charge >= 0.3 is 0 Å². The first kappa shape index (κ1) is 26.2. The first-order valence-corrected chi connectivity index (χ1v) is 14.1. The largest absolute Gasteiger partial charge is 0.390 e. The molecule has 5 aliphatic rings. The zero-order valence-electron chi connectivity index (χ0n) is 23.2. The van der Waals surface area contributed by atoms with Crippen LogP contribution < -0.4 is 0 Å². The van der Waals surface area contributed by atoms with Crippen LogP contribution in [-0.2, 0) is 0 Å². The SMILES string of the molecule is C[C@@H]1[C@H]2C3=C[C@@H](O)[C@@H]4[C@@]5(C)[C@H](O)[C@@H](O)[C@H](O)C(C)(C)[C@@H]5CC[C@@]4(C)[C@]3(C)CC[C@@]2(C)CC[C@]1(C)O. The van der Waals surface area contributed by atoms with Crippen LogP contribution in [0.3, 0.4) is 0 Å². The van der Waals surface area contributed by atoms with E-state index in [1.54, 1.807) is 0 Å². The van der Waals surface area contributed by atoms with Crippen molar-refractivity contribution in [2.75, 3.05) is 0 Å². The van der Waals surface area contributed by atoms with E-state index in [2.05, 4.69) is 40.7 Å². The number of hydrogen-bond donors (Lipinski definition) is 5. The van der Waals surface area contributed by atoms with Crippen LogP contribution in [0.4, 0.5) is 0 Å². The number of aliphatic hydroxyl groups excluding tert-OH is 4. The summed E-state index contributed by atoms with van der Waals surface area (Å²) in [6.07, 6.45) is 3.73. The molecule has 0 saturated heterocycles. The number of fused-ring (bicyclic) bond motifs is 7. The maximum Gasteiger partial charge on any atom is 0.107 e. The minimum Gasteiger partial charge on any atom is -0.390 e. The van der Waals surface area contributed by atoms with Gasteiger partial charge in [-0.2, -0.15) is 0 Å². The Morgan fingerprint density at radius 2 is 1.40 bits per heavy atom. The zero-order chi connectivity index (χ0) is 26.1. The fourth-order valence-corrected chi connectivity index (χ4v) is 10.9. The maximum absolute atomic E-state index is 12.0. The third-order valence-electron chi connectivity index (χ3n) is 13.6. The summed E-state index contributed by atoms with van der Waals surface area (Å²) in [5.74, 6) is 0.0613. The smallest absolute Gasteiger partial charge is 0.107 e. The maximum atomic E-state index is 12.0. The highest BCUT2D eigenvalue weighted by molar-refractivity contribution is 5.36. The van der Waals surface area contributed by atoms with Gasteiger partial charge in [0.2, 0.25) is 0 Å². The summed E-state index contributed by atoms with van der Waals surface area (Å²) >= 11 is 0. The van der Waals surface area contributed by atoms with Crippen molar-refractivity contribution in [3.63, 3.8) is 0 Å². The summed E-state index contributed by atoms with van der Waals surface area (Å²) < 4.78 is 0. The molecule has 0 unspecified atom stereocenters. The van der Waals surface area contributed by atoms with Gasteiger partial charge in [-0.3, -0.25) is 0 Å². The van der Waals surface area contributed by atoms with E-state index >= 15 is 0 Å². The topological polar surface area (TPSA) is 101 Å². The molecule has 0 aromatic carbocycles. The molecule has 0 bridgehead atoms. The van der Waals surface area contributed by atoms with E-state index in [0.717, 1.165) is 38.5 Å². The summed E-state index contributed by atoms with van der Waals surface area (Å²) in [5, 5.41) is 56.7. The molecule has 0 spiro atoms. The molecule has 0 radical (unpaired) electrons. The van der Waals surface area contributed by atoms with Gasteiger partial charge in [-0.15, -0.1) is 0 Å². The lowest BCUT2D eigenvalue weighted by molar-refractivity contribution is -0.291. The molecule has 0 aromatic rings. The average Bonchev–Trinajstić information content (AvgIpc) is 2.76. The zero-order valence-corrected chi connectivity index (χ0v) is 23.2. The van der Waals surface area contributed by atoms with Crippen LogP contribution in [0, 0.1) is 50.7 Å². The molecule has 0 heterocycles. The molecular formula is C30H50O5. The number of rotatable bonds is 0. The summed E-state index contributed by atoms with van der Waals surface area (Å²) in [6, 6.07) is 0. The monoisotopic (exact) mass is 490 g/mol. The van der Waals surface area contributed by atoms with Crippen LogP contribution >= 0.6 is 0 Å². The van der Waals surface area contributed by atoms with Gasteiger partial charge in [0.05, 0.1) is 23.9 Å². The Balaban J connectivity index is 1.68. The first-order valence-electron chi connectivity index (χ1n) is 14.1. The van der Waals surface area contributed by atoms with Gasteiger partial charge in [-0.1, -0.05) is 60.1 Å². The Bertz CT molecular complexity index is 926. The summed E-state index contributed by atoms with van der Waals surface area (Å²) in [5.41, 5.74) is -1.03. The third kappa shape index (κ3) is 2.94. The normalized spacial score (nSPS) is 61.6. The van der Waals surface area contributed by atoms with Crippen molar-refractivity contribution in [2.24, 2.45) is 50.7 Å². The molecule has 4 fully saturated rings. The molecule has 5 nitrogen and oxygen atoms in total.